The van der Waals surface area contributed by atoms with Crippen LogP contribution in [0.15, 0.2) is 24.3 Å². The Morgan fingerprint density at radius 1 is 1.19 bits per heavy atom. The van der Waals surface area contributed by atoms with Crippen LogP contribution in [0.25, 0.3) is 0 Å². The van der Waals surface area contributed by atoms with Gasteiger partial charge in [-0.15, -0.1) is 0 Å². The van der Waals surface area contributed by atoms with E-state index in [1.807, 2.05) is 29.2 Å². The van der Waals surface area contributed by atoms with Gasteiger partial charge >= 0.3 is 5.97 Å². The number of carbonyl (C=O) groups excluding carboxylic acids is 2. The summed E-state index contributed by atoms with van der Waals surface area (Å²) in [5.41, 5.74) is 1.77. The minimum atomic E-state index is -0.968. The summed E-state index contributed by atoms with van der Waals surface area (Å²) < 4.78 is 0. The monoisotopic (exact) mass is 372 g/mol. The van der Waals surface area contributed by atoms with Gasteiger partial charge in [0.05, 0.1) is 0 Å². The average Bonchev–Trinajstić information content (AvgIpc) is 2.69. The molecule has 0 aromatic heterocycles. The molecule has 2 saturated heterocycles. The zero-order valence-electron chi connectivity index (χ0n) is 16.1. The van der Waals surface area contributed by atoms with Crippen molar-refractivity contribution in [2.24, 2.45) is 5.41 Å². The van der Waals surface area contributed by atoms with Crippen LogP contribution in [0.2, 0.25) is 0 Å². The Kier molecular flexibility index (Phi) is 5.53. The standard InChI is InChI=1S/C21H28N2O4/c1-3-16-6-4-5-7-17(16)19(25)22-12-10-21(11-13-22)9-8-18(24)23(14-21)15(2)20(26)27/h4-7,15H,3,8-14H2,1-2H3,(H,26,27)/t15-/m1/s1. The van der Waals surface area contributed by atoms with E-state index in [9.17, 15) is 19.5 Å². The summed E-state index contributed by atoms with van der Waals surface area (Å²) in [6.45, 7) is 5.40. The number of amides is 2. The van der Waals surface area contributed by atoms with Crippen molar-refractivity contribution in [3.63, 3.8) is 0 Å². The highest BCUT2D eigenvalue weighted by Crippen LogP contribution is 2.41. The predicted octanol–water partition coefficient (Wildman–Crippen LogP) is 2.57. The van der Waals surface area contributed by atoms with Crippen LogP contribution in [0.5, 0.6) is 0 Å². The van der Waals surface area contributed by atoms with Crippen molar-refractivity contribution >= 4 is 17.8 Å². The van der Waals surface area contributed by atoms with Crippen molar-refractivity contribution in [1.82, 2.24) is 9.80 Å². The lowest BCUT2D eigenvalue weighted by Gasteiger charge is -2.48. The lowest BCUT2D eigenvalue weighted by atomic mass is 9.72. The Bertz CT molecular complexity index is 737. The van der Waals surface area contributed by atoms with Crippen LogP contribution in [-0.4, -0.2) is 58.4 Å². The number of hydrogen-bond donors (Lipinski definition) is 1. The number of carboxylic acids is 1. The minimum Gasteiger partial charge on any atom is -0.480 e. The molecule has 1 aromatic carbocycles. The first-order valence-electron chi connectivity index (χ1n) is 9.76. The molecular weight excluding hydrogens is 344 g/mol. The number of carboxylic acid groups (broad SMARTS) is 1. The second kappa shape index (κ2) is 7.71. The lowest BCUT2D eigenvalue weighted by Crippen LogP contribution is -2.55. The molecule has 1 spiro atoms. The molecule has 6 nitrogen and oxygen atoms in total. The first-order chi connectivity index (χ1) is 12.9. The number of carbonyl (C=O) groups is 3. The average molecular weight is 372 g/mol. The summed E-state index contributed by atoms with van der Waals surface area (Å²) in [5, 5.41) is 9.28. The van der Waals surface area contributed by atoms with E-state index in [4.69, 9.17) is 0 Å². The number of aryl methyl sites for hydroxylation is 1. The molecule has 146 valence electrons. The zero-order valence-corrected chi connectivity index (χ0v) is 16.1. The number of aliphatic carboxylic acids is 1. The molecule has 27 heavy (non-hydrogen) atoms. The number of likely N-dealkylation sites (tertiary alicyclic amines) is 2. The molecule has 3 rings (SSSR count). The molecule has 0 unspecified atom stereocenters. The maximum atomic E-state index is 12.9. The number of piperidine rings is 2. The van der Waals surface area contributed by atoms with Crippen LogP contribution in [0.3, 0.4) is 0 Å². The molecule has 0 radical (unpaired) electrons. The Balaban J connectivity index is 1.68. The second-order valence-electron chi connectivity index (χ2n) is 7.84. The van der Waals surface area contributed by atoms with Gasteiger partial charge in [-0.05, 0) is 49.7 Å². The first kappa shape index (κ1) is 19.4. The fraction of sp³-hybridized carbons (Fsp3) is 0.571. The van der Waals surface area contributed by atoms with Gasteiger partial charge in [0.25, 0.3) is 5.91 Å². The summed E-state index contributed by atoms with van der Waals surface area (Å²) >= 11 is 0. The minimum absolute atomic E-state index is 0.0708. The van der Waals surface area contributed by atoms with E-state index in [0.717, 1.165) is 36.8 Å². The van der Waals surface area contributed by atoms with Gasteiger partial charge in [-0.25, -0.2) is 4.79 Å². The van der Waals surface area contributed by atoms with E-state index in [-0.39, 0.29) is 17.2 Å². The number of benzene rings is 1. The van der Waals surface area contributed by atoms with Crippen molar-refractivity contribution in [2.75, 3.05) is 19.6 Å². The summed E-state index contributed by atoms with van der Waals surface area (Å²) in [5.74, 6) is -0.972. The third-order valence-electron chi connectivity index (χ3n) is 6.26. The maximum absolute atomic E-state index is 12.9. The first-order valence-corrected chi connectivity index (χ1v) is 9.76. The van der Waals surface area contributed by atoms with Crippen molar-refractivity contribution in [3.05, 3.63) is 35.4 Å². The lowest BCUT2D eigenvalue weighted by molar-refractivity contribution is -0.154. The molecule has 2 heterocycles. The molecule has 1 atom stereocenters. The van der Waals surface area contributed by atoms with Gasteiger partial charge in [-0.3, -0.25) is 9.59 Å². The highest BCUT2D eigenvalue weighted by Gasteiger charge is 2.44. The molecule has 2 fully saturated rings. The SMILES string of the molecule is CCc1ccccc1C(=O)N1CCC2(CCC(=O)N([C@H](C)C(=O)O)C2)CC1. The summed E-state index contributed by atoms with van der Waals surface area (Å²) in [7, 11) is 0. The third-order valence-corrected chi connectivity index (χ3v) is 6.26. The van der Waals surface area contributed by atoms with Crippen LogP contribution in [0, 0.1) is 5.41 Å². The van der Waals surface area contributed by atoms with E-state index in [1.165, 1.54) is 4.90 Å². The largest absolute Gasteiger partial charge is 0.480 e. The predicted molar refractivity (Wildman–Crippen MR) is 101 cm³/mol. The Hall–Kier alpha value is -2.37. The summed E-state index contributed by atoms with van der Waals surface area (Å²) in [6, 6.07) is 6.94. The second-order valence-corrected chi connectivity index (χ2v) is 7.84. The van der Waals surface area contributed by atoms with Crippen LogP contribution >= 0.6 is 0 Å². The third kappa shape index (κ3) is 3.84. The van der Waals surface area contributed by atoms with E-state index < -0.39 is 12.0 Å². The summed E-state index contributed by atoms with van der Waals surface area (Å²) in [6.07, 6.45) is 3.61. The van der Waals surface area contributed by atoms with Crippen LogP contribution in [-0.2, 0) is 16.0 Å². The molecule has 1 aromatic rings. The van der Waals surface area contributed by atoms with Gasteiger partial charge in [-0.1, -0.05) is 25.1 Å². The molecule has 0 saturated carbocycles. The Morgan fingerprint density at radius 3 is 2.48 bits per heavy atom. The van der Waals surface area contributed by atoms with E-state index in [0.29, 0.717) is 26.1 Å². The van der Waals surface area contributed by atoms with E-state index in [2.05, 4.69) is 6.92 Å². The van der Waals surface area contributed by atoms with Crippen LogP contribution in [0.4, 0.5) is 0 Å². The molecule has 2 aliphatic rings. The highest BCUT2D eigenvalue weighted by molar-refractivity contribution is 5.95. The molecule has 0 bridgehead atoms. The van der Waals surface area contributed by atoms with Gasteiger partial charge < -0.3 is 14.9 Å². The Morgan fingerprint density at radius 2 is 1.85 bits per heavy atom. The molecule has 6 heteroatoms. The van der Waals surface area contributed by atoms with Crippen LogP contribution in [0.1, 0.15) is 55.5 Å². The van der Waals surface area contributed by atoms with Gasteiger partial charge in [-0.2, -0.15) is 0 Å². The number of rotatable bonds is 4. The zero-order chi connectivity index (χ0) is 19.6. The maximum Gasteiger partial charge on any atom is 0.326 e. The molecular formula is C21H28N2O4. The molecule has 0 aliphatic carbocycles. The topological polar surface area (TPSA) is 77.9 Å². The fourth-order valence-electron chi connectivity index (χ4n) is 4.33. The molecule has 1 N–H and O–H groups in total. The number of hydrogen-bond acceptors (Lipinski definition) is 3. The normalized spacial score (nSPS) is 20.6. The van der Waals surface area contributed by atoms with Gasteiger partial charge in [0.15, 0.2) is 0 Å². The Labute approximate surface area is 160 Å². The molecule has 2 amide bonds. The van der Waals surface area contributed by atoms with Crippen molar-refractivity contribution in [3.8, 4) is 0 Å². The van der Waals surface area contributed by atoms with E-state index >= 15 is 0 Å². The van der Waals surface area contributed by atoms with Crippen LogP contribution < -0.4 is 0 Å². The smallest absolute Gasteiger partial charge is 0.326 e. The highest BCUT2D eigenvalue weighted by atomic mass is 16.4. The summed E-state index contributed by atoms with van der Waals surface area (Å²) in [4.78, 5) is 39.9. The van der Waals surface area contributed by atoms with Gasteiger partial charge in [0, 0.05) is 31.6 Å². The van der Waals surface area contributed by atoms with Gasteiger partial charge in [0.1, 0.15) is 6.04 Å². The quantitative estimate of drug-likeness (QED) is 0.881. The molecule has 2 aliphatic heterocycles. The number of nitrogens with zero attached hydrogens (tertiary/aromatic N) is 2. The fourth-order valence-corrected chi connectivity index (χ4v) is 4.33. The van der Waals surface area contributed by atoms with Crippen molar-refractivity contribution in [2.45, 2.75) is 52.0 Å². The van der Waals surface area contributed by atoms with Crippen molar-refractivity contribution < 1.29 is 19.5 Å². The van der Waals surface area contributed by atoms with E-state index in [1.54, 1.807) is 6.92 Å². The van der Waals surface area contributed by atoms with Crippen molar-refractivity contribution in [1.29, 1.82) is 0 Å². The van der Waals surface area contributed by atoms with Gasteiger partial charge in [0.2, 0.25) is 5.91 Å².